The fourth-order valence-corrected chi connectivity index (χ4v) is 1.45. The fraction of sp³-hybridized carbons (Fsp3) is 0.364. The van der Waals surface area contributed by atoms with Gasteiger partial charge in [-0.1, -0.05) is 6.07 Å². The van der Waals surface area contributed by atoms with Gasteiger partial charge in [0.05, 0.1) is 12.7 Å². The van der Waals surface area contributed by atoms with Gasteiger partial charge in [0.15, 0.2) is 17.3 Å². The van der Waals surface area contributed by atoms with Gasteiger partial charge in [0.1, 0.15) is 0 Å². The number of benzene rings is 1. The molecule has 14 heavy (non-hydrogen) atoms. The van der Waals surface area contributed by atoms with Gasteiger partial charge in [0.25, 0.3) is 0 Å². The molecule has 3 nitrogen and oxygen atoms in total. The van der Waals surface area contributed by atoms with E-state index < -0.39 is 0 Å². The number of rotatable bonds is 3. The molecule has 1 aromatic carbocycles. The quantitative estimate of drug-likeness (QED) is 0.745. The largest absolute Gasteiger partial charge is 0.504 e. The molecular formula is C11H12O3. The molecule has 0 saturated heterocycles. The summed E-state index contributed by atoms with van der Waals surface area (Å²) in [5.41, 5.74) is 0.381. The number of phenols is 1. The third-order valence-electron chi connectivity index (χ3n) is 2.43. The first kappa shape index (κ1) is 9.06. The van der Waals surface area contributed by atoms with Crippen LogP contribution in [0.3, 0.4) is 0 Å². The van der Waals surface area contributed by atoms with E-state index in [1.807, 2.05) is 0 Å². The van der Waals surface area contributed by atoms with Crippen LogP contribution in [0.4, 0.5) is 0 Å². The van der Waals surface area contributed by atoms with Gasteiger partial charge in [-0.2, -0.15) is 0 Å². The molecule has 0 radical (unpaired) electrons. The van der Waals surface area contributed by atoms with Crippen molar-refractivity contribution in [1.82, 2.24) is 0 Å². The minimum Gasteiger partial charge on any atom is -0.504 e. The Morgan fingerprint density at radius 1 is 1.50 bits per heavy atom. The standard InChI is InChI=1S/C11H12O3/c1-14-9-4-2-3-8(11(9)13)10(12)7-5-6-7/h2-4,7,13H,5-6H2,1H3. The second-order valence-electron chi connectivity index (χ2n) is 3.49. The fourth-order valence-electron chi connectivity index (χ4n) is 1.45. The lowest BCUT2D eigenvalue weighted by molar-refractivity contribution is 0.0964. The number of hydrogen-bond donors (Lipinski definition) is 1. The molecule has 0 spiro atoms. The summed E-state index contributed by atoms with van der Waals surface area (Å²) in [6.07, 6.45) is 1.88. The van der Waals surface area contributed by atoms with Crippen molar-refractivity contribution >= 4 is 5.78 Å². The van der Waals surface area contributed by atoms with Crippen LogP contribution in [0.15, 0.2) is 18.2 Å². The Labute approximate surface area is 82.3 Å². The Bertz CT molecular complexity index is 367. The number of phenolic OH excluding ortho intramolecular Hbond substituents is 1. The summed E-state index contributed by atoms with van der Waals surface area (Å²) in [6.45, 7) is 0. The van der Waals surface area contributed by atoms with Crippen LogP contribution in [0.2, 0.25) is 0 Å². The van der Waals surface area contributed by atoms with Crippen molar-refractivity contribution in [1.29, 1.82) is 0 Å². The number of para-hydroxylation sites is 1. The molecular weight excluding hydrogens is 180 g/mol. The highest BCUT2D eigenvalue weighted by Crippen LogP contribution is 2.37. The van der Waals surface area contributed by atoms with Gasteiger partial charge in [-0.15, -0.1) is 0 Å². The maximum atomic E-state index is 11.7. The third kappa shape index (κ3) is 1.45. The molecule has 1 fully saturated rings. The van der Waals surface area contributed by atoms with Gasteiger partial charge in [-0.25, -0.2) is 0 Å². The zero-order valence-electron chi connectivity index (χ0n) is 7.99. The zero-order valence-corrected chi connectivity index (χ0v) is 7.99. The highest BCUT2D eigenvalue weighted by molar-refractivity contribution is 6.02. The van der Waals surface area contributed by atoms with Crippen LogP contribution in [-0.4, -0.2) is 18.0 Å². The summed E-state index contributed by atoms with van der Waals surface area (Å²) in [5.74, 6) is 0.470. The summed E-state index contributed by atoms with van der Waals surface area (Å²) in [7, 11) is 1.47. The van der Waals surface area contributed by atoms with Crippen LogP contribution < -0.4 is 4.74 Å². The number of ketones is 1. The van der Waals surface area contributed by atoms with Crippen LogP contribution in [0, 0.1) is 5.92 Å². The molecule has 0 aromatic heterocycles. The maximum absolute atomic E-state index is 11.7. The number of carbonyl (C=O) groups excluding carboxylic acids is 1. The van der Waals surface area contributed by atoms with Crippen molar-refractivity contribution in [2.75, 3.05) is 7.11 Å². The third-order valence-corrected chi connectivity index (χ3v) is 2.43. The van der Waals surface area contributed by atoms with E-state index in [0.29, 0.717) is 11.3 Å². The summed E-state index contributed by atoms with van der Waals surface area (Å²) in [4.78, 5) is 11.7. The second kappa shape index (κ2) is 3.33. The Hall–Kier alpha value is -1.51. The Morgan fingerprint density at radius 2 is 2.21 bits per heavy atom. The van der Waals surface area contributed by atoms with Crippen molar-refractivity contribution in [3.8, 4) is 11.5 Å². The van der Waals surface area contributed by atoms with Gasteiger partial charge in [-0.3, -0.25) is 4.79 Å². The molecule has 1 aliphatic rings. The highest BCUT2D eigenvalue weighted by Gasteiger charge is 2.32. The number of Topliss-reactive ketones (excluding diaryl/α,β-unsaturated/α-hetero) is 1. The van der Waals surface area contributed by atoms with Gasteiger partial charge in [0, 0.05) is 5.92 Å². The van der Waals surface area contributed by atoms with E-state index in [-0.39, 0.29) is 17.5 Å². The number of carbonyl (C=O) groups is 1. The van der Waals surface area contributed by atoms with Gasteiger partial charge < -0.3 is 9.84 Å². The van der Waals surface area contributed by atoms with Crippen LogP contribution >= 0.6 is 0 Å². The van der Waals surface area contributed by atoms with Gasteiger partial charge >= 0.3 is 0 Å². The van der Waals surface area contributed by atoms with E-state index in [2.05, 4.69) is 0 Å². The van der Waals surface area contributed by atoms with Crippen LogP contribution in [-0.2, 0) is 0 Å². The molecule has 1 N–H and O–H groups in total. The Balaban J connectivity index is 2.36. The number of hydrogen-bond acceptors (Lipinski definition) is 3. The van der Waals surface area contributed by atoms with E-state index in [1.165, 1.54) is 7.11 Å². The monoisotopic (exact) mass is 192 g/mol. The Kier molecular flexibility index (Phi) is 2.15. The molecule has 2 rings (SSSR count). The first-order chi connectivity index (χ1) is 6.74. The van der Waals surface area contributed by atoms with Gasteiger partial charge in [0.2, 0.25) is 0 Å². The van der Waals surface area contributed by atoms with Crippen molar-refractivity contribution in [2.45, 2.75) is 12.8 Å². The molecule has 0 heterocycles. The van der Waals surface area contributed by atoms with E-state index >= 15 is 0 Å². The van der Waals surface area contributed by atoms with Crippen LogP contribution in [0.1, 0.15) is 23.2 Å². The first-order valence-electron chi connectivity index (χ1n) is 4.64. The first-order valence-corrected chi connectivity index (χ1v) is 4.64. The lowest BCUT2D eigenvalue weighted by Gasteiger charge is -2.06. The second-order valence-corrected chi connectivity index (χ2v) is 3.49. The minimum atomic E-state index is -0.0353. The average Bonchev–Trinajstić information content (AvgIpc) is 3.00. The molecule has 0 unspecified atom stereocenters. The predicted molar refractivity (Wildman–Crippen MR) is 51.7 cm³/mol. The molecule has 0 amide bonds. The van der Waals surface area contributed by atoms with E-state index in [9.17, 15) is 9.90 Å². The topological polar surface area (TPSA) is 46.5 Å². The summed E-state index contributed by atoms with van der Waals surface area (Å²) in [5, 5.41) is 9.69. The summed E-state index contributed by atoms with van der Waals surface area (Å²) < 4.78 is 4.93. The normalized spacial score (nSPS) is 15.2. The maximum Gasteiger partial charge on any atom is 0.169 e. The lowest BCUT2D eigenvalue weighted by atomic mass is 10.1. The molecule has 1 aromatic rings. The number of ether oxygens (including phenoxy) is 1. The lowest BCUT2D eigenvalue weighted by Crippen LogP contribution is -2.02. The van der Waals surface area contributed by atoms with Crippen LogP contribution in [0.5, 0.6) is 11.5 Å². The SMILES string of the molecule is COc1cccc(C(=O)C2CC2)c1O. The molecule has 3 heteroatoms. The van der Waals surface area contributed by atoms with Crippen molar-refractivity contribution in [2.24, 2.45) is 5.92 Å². The smallest absolute Gasteiger partial charge is 0.169 e. The van der Waals surface area contributed by atoms with Gasteiger partial charge in [-0.05, 0) is 25.0 Å². The van der Waals surface area contributed by atoms with E-state index in [4.69, 9.17) is 4.74 Å². The average molecular weight is 192 g/mol. The van der Waals surface area contributed by atoms with Crippen molar-refractivity contribution in [3.05, 3.63) is 23.8 Å². The molecule has 0 atom stereocenters. The van der Waals surface area contributed by atoms with Crippen LogP contribution in [0.25, 0.3) is 0 Å². The number of aromatic hydroxyl groups is 1. The van der Waals surface area contributed by atoms with E-state index in [0.717, 1.165) is 12.8 Å². The predicted octanol–water partition coefficient (Wildman–Crippen LogP) is 1.99. The Morgan fingerprint density at radius 3 is 2.79 bits per heavy atom. The minimum absolute atomic E-state index is 0.0291. The molecule has 0 aliphatic heterocycles. The van der Waals surface area contributed by atoms with E-state index in [1.54, 1.807) is 18.2 Å². The number of methoxy groups -OCH3 is 1. The molecule has 1 aliphatic carbocycles. The molecule has 0 bridgehead atoms. The zero-order chi connectivity index (χ0) is 10.1. The molecule has 74 valence electrons. The van der Waals surface area contributed by atoms with Crippen molar-refractivity contribution in [3.63, 3.8) is 0 Å². The summed E-state index contributed by atoms with van der Waals surface area (Å²) >= 11 is 0. The molecule has 1 saturated carbocycles. The highest BCUT2D eigenvalue weighted by atomic mass is 16.5. The van der Waals surface area contributed by atoms with Crippen molar-refractivity contribution < 1.29 is 14.6 Å². The summed E-state index contributed by atoms with van der Waals surface area (Å²) in [6, 6.07) is 4.99.